The maximum Gasteiger partial charge on any atom is 0.138 e. The fourth-order valence-electron chi connectivity index (χ4n) is 5.73. The molecule has 0 bridgehead atoms. The highest BCUT2D eigenvalue weighted by Crippen LogP contribution is 2.32. The number of anilines is 1. The van der Waals surface area contributed by atoms with Crippen molar-refractivity contribution in [3.63, 3.8) is 0 Å². The van der Waals surface area contributed by atoms with Gasteiger partial charge >= 0.3 is 0 Å². The third-order valence-electron chi connectivity index (χ3n) is 8.19. The predicted molar refractivity (Wildman–Crippen MR) is 152 cm³/mol. The van der Waals surface area contributed by atoms with Gasteiger partial charge in [0.25, 0.3) is 0 Å². The zero-order valence-corrected chi connectivity index (χ0v) is 22.4. The highest BCUT2D eigenvalue weighted by Gasteiger charge is 2.29. The summed E-state index contributed by atoms with van der Waals surface area (Å²) in [6.07, 6.45) is 3.51. The number of aromatic nitrogens is 3. The van der Waals surface area contributed by atoms with Crippen LogP contribution in [0.4, 0.5) is 5.69 Å². The molecule has 2 aromatic heterocycles. The molecule has 0 amide bonds. The Morgan fingerprint density at radius 2 is 1.70 bits per heavy atom. The third-order valence-corrected chi connectivity index (χ3v) is 8.19. The molecule has 9 heteroatoms. The van der Waals surface area contributed by atoms with E-state index in [0.717, 1.165) is 85.9 Å². The van der Waals surface area contributed by atoms with Gasteiger partial charge in [-0.25, -0.2) is 4.98 Å². The van der Waals surface area contributed by atoms with E-state index in [-0.39, 0.29) is 6.10 Å². The number of hydrogen-bond acceptors (Lipinski definition) is 8. The summed E-state index contributed by atoms with van der Waals surface area (Å²) >= 11 is 0. The van der Waals surface area contributed by atoms with E-state index in [1.54, 1.807) is 6.20 Å². The SMILES string of the molecule is N#Cc1cc(-c2nccc3[nH]c(-c4ccc(N5CCN(C6COC6)CC5)cc4)nc23)ccc1OC1CCOCC1. The van der Waals surface area contributed by atoms with Crippen LogP contribution in [0.5, 0.6) is 5.75 Å². The van der Waals surface area contributed by atoms with Gasteiger partial charge in [0.05, 0.1) is 49.2 Å². The number of hydrogen-bond donors (Lipinski definition) is 1. The average Bonchev–Trinajstić information content (AvgIpc) is 3.42. The summed E-state index contributed by atoms with van der Waals surface area (Å²) in [5, 5.41) is 9.85. The van der Waals surface area contributed by atoms with Crippen molar-refractivity contribution in [2.45, 2.75) is 25.0 Å². The molecule has 0 unspecified atom stereocenters. The molecule has 0 spiro atoms. The summed E-state index contributed by atoms with van der Waals surface area (Å²) < 4.78 is 16.9. The van der Waals surface area contributed by atoms with Gasteiger partial charge in [0.1, 0.15) is 29.3 Å². The summed E-state index contributed by atoms with van der Waals surface area (Å²) in [6.45, 7) is 7.33. The fraction of sp³-hybridized carbons (Fsp3) is 0.387. The molecule has 0 aliphatic carbocycles. The van der Waals surface area contributed by atoms with E-state index in [1.807, 2.05) is 24.3 Å². The monoisotopic (exact) mass is 536 g/mol. The lowest BCUT2D eigenvalue weighted by molar-refractivity contribution is -0.0660. The second-order valence-corrected chi connectivity index (χ2v) is 10.7. The molecule has 3 fully saturated rings. The Bertz CT molecular complexity index is 1530. The van der Waals surface area contributed by atoms with E-state index in [1.165, 1.54) is 5.69 Å². The first-order valence-corrected chi connectivity index (χ1v) is 14.1. The van der Waals surface area contributed by atoms with Gasteiger partial charge in [0.2, 0.25) is 0 Å². The second kappa shape index (κ2) is 10.9. The number of rotatable bonds is 6. The van der Waals surface area contributed by atoms with Crippen molar-refractivity contribution < 1.29 is 14.2 Å². The lowest BCUT2D eigenvalue weighted by Gasteiger charge is -2.43. The number of piperazine rings is 1. The second-order valence-electron chi connectivity index (χ2n) is 10.7. The van der Waals surface area contributed by atoms with E-state index in [2.05, 4.69) is 50.1 Å². The molecule has 7 rings (SSSR count). The number of nitrogens with one attached hydrogen (secondary N) is 1. The number of nitriles is 1. The fourth-order valence-corrected chi connectivity index (χ4v) is 5.73. The molecule has 0 atom stereocenters. The first-order valence-electron chi connectivity index (χ1n) is 14.1. The van der Waals surface area contributed by atoms with E-state index in [9.17, 15) is 5.26 Å². The van der Waals surface area contributed by atoms with Crippen LogP contribution in [-0.4, -0.2) is 84.6 Å². The number of nitrogens with zero attached hydrogens (tertiary/aromatic N) is 5. The Morgan fingerprint density at radius 3 is 2.42 bits per heavy atom. The van der Waals surface area contributed by atoms with E-state index >= 15 is 0 Å². The van der Waals surface area contributed by atoms with Gasteiger partial charge in [0.15, 0.2) is 0 Å². The maximum absolute atomic E-state index is 9.85. The largest absolute Gasteiger partial charge is 0.489 e. The van der Waals surface area contributed by atoms with Crippen molar-refractivity contribution in [1.82, 2.24) is 19.9 Å². The molecule has 2 aromatic carbocycles. The molecule has 4 aromatic rings. The van der Waals surface area contributed by atoms with Gasteiger partial charge in [-0.2, -0.15) is 5.26 Å². The number of imidazole rings is 1. The van der Waals surface area contributed by atoms with E-state index in [4.69, 9.17) is 19.2 Å². The van der Waals surface area contributed by atoms with E-state index < -0.39 is 0 Å². The summed E-state index contributed by atoms with van der Waals surface area (Å²) in [4.78, 5) is 18.0. The zero-order chi connectivity index (χ0) is 26.9. The quantitative estimate of drug-likeness (QED) is 0.391. The maximum atomic E-state index is 9.85. The Balaban J connectivity index is 1.10. The first-order chi connectivity index (χ1) is 19.7. The number of fused-ring (bicyclic) bond motifs is 1. The molecule has 9 nitrogen and oxygen atoms in total. The normalized spacial score (nSPS) is 18.9. The minimum absolute atomic E-state index is 0.0700. The van der Waals surface area contributed by atoms with Gasteiger partial charge in [-0.05, 0) is 48.5 Å². The summed E-state index contributed by atoms with van der Waals surface area (Å²) in [6, 6.07) is 19.1. The first kappa shape index (κ1) is 25.0. The number of H-pyrrole nitrogens is 1. The van der Waals surface area contributed by atoms with Crippen molar-refractivity contribution in [3.8, 4) is 34.5 Å². The van der Waals surface area contributed by atoms with Crippen LogP contribution < -0.4 is 9.64 Å². The molecular weight excluding hydrogens is 504 g/mol. The Labute approximate surface area is 233 Å². The van der Waals surface area contributed by atoms with Gasteiger partial charge in [-0.1, -0.05) is 0 Å². The van der Waals surface area contributed by atoms with Crippen molar-refractivity contribution in [2.75, 3.05) is 57.5 Å². The molecule has 0 saturated carbocycles. The summed E-state index contributed by atoms with van der Waals surface area (Å²) in [7, 11) is 0. The van der Waals surface area contributed by atoms with Crippen molar-refractivity contribution in [3.05, 3.63) is 60.3 Å². The summed E-state index contributed by atoms with van der Waals surface area (Å²) in [5.41, 5.74) is 6.01. The highest BCUT2D eigenvalue weighted by molar-refractivity contribution is 5.91. The lowest BCUT2D eigenvalue weighted by Crippen LogP contribution is -2.56. The highest BCUT2D eigenvalue weighted by atomic mass is 16.5. The van der Waals surface area contributed by atoms with Crippen LogP contribution in [-0.2, 0) is 9.47 Å². The van der Waals surface area contributed by atoms with Gasteiger partial charge in [0, 0.05) is 62.0 Å². The van der Waals surface area contributed by atoms with Crippen molar-refractivity contribution in [2.24, 2.45) is 0 Å². The standard InChI is InChI=1S/C31H32N6O3/c32-18-23-17-22(3-6-28(23)40-26-8-15-38-16-9-26)29-30-27(7-10-33-29)34-31(35-30)21-1-4-24(5-2-21)36-11-13-37(14-12-36)25-19-39-20-25/h1-7,10,17,25-26H,8-9,11-16,19-20H2,(H,34,35). The van der Waals surface area contributed by atoms with Gasteiger partial charge < -0.3 is 24.1 Å². The molecular formula is C31H32N6O3. The number of aromatic amines is 1. The van der Waals surface area contributed by atoms with Crippen LogP contribution in [0.15, 0.2) is 54.7 Å². The minimum atomic E-state index is 0.0700. The molecule has 0 radical (unpaired) electrons. The molecule has 3 aliphatic rings. The molecule has 5 heterocycles. The van der Waals surface area contributed by atoms with Crippen molar-refractivity contribution in [1.29, 1.82) is 5.26 Å². The third kappa shape index (κ3) is 4.90. The van der Waals surface area contributed by atoms with Crippen LogP contribution in [0.25, 0.3) is 33.7 Å². The topological polar surface area (TPSA) is 99.5 Å². The Kier molecular flexibility index (Phi) is 6.81. The van der Waals surface area contributed by atoms with Gasteiger partial charge in [-0.15, -0.1) is 0 Å². The summed E-state index contributed by atoms with van der Waals surface area (Å²) in [5.74, 6) is 1.40. The van der Waals surface area contributed by atoms with Crippen LogP contribution in [0.1, 0.15) is 18.4 Å². The molecule has 3 aliphatic heterocycles. The molecule has 1 N–H and O–H groups in total. The number of ether oxygens (including phenoxy) is 3. The number of pyridine rings is 1. The molecule has 3 saturated heterocycles. The predicted octanol–water partition coefficient (Wildman–Crippen LogP) is 4.24. The minimum Gasteiger partial charge on any atom is -0.489 e. The van der Waals surface area contributed by atoms with Crippen molar-refractivity contribution >= 4 is 16.7 Å². The Morgan fingerprint density at radius 1 is 0.925 bits per heavy atom. The van der Waals surface area contributed by atoms with E-state index in [0.29, 0.717) is 30.6 Å². The zero-order valence-electron chi connectivity index (χ0n) is 22.4. The van der Waals surface area contributed by atoms with Crippen LogP contribution >= 0.6 is 0 Å². The number of benzene rings is 2. The average molecular weight is 537 g/mol. The smallest absolute Gasteiger partial charge is 0.138 e. The molecule has 204 valence electrons. The van der Waals surface area contributed by atoms with Gasteiger partial charge in [-0.3, -0.25) is 9.88 Å². The van der Waals surface area contributed by atoms with Crippen LogP contribution in [0.2, 0.25) is 0 Å². The Hall–Kier alpha value is -3.97. The van der Waals surface area contributed by atoms with Crippen LogP contribution in [0.3, 0.4) is 0 Å². The lowest BCUT2D eigenvalue weighted by atomic mass is 10.1. The van der Waals surface area contributed by atoms with Crippen LogP contribution in [0, 0.1) is 11.3 Å². The molecule has 40 heavy (non-hydrogen) atoms.